The fourth-order valence-electron chi connectivity index (χ4n) is 2.13. The molecule has 2 N–H and O–H groups in total. The first-order valence-corrected chi connectivity index (χ1v) is 7.17. The molecule has 0 radical (unpaired) electrons. The van der Waals surface area contributed by atoms with E-state index in [1.165, 1.54) is 0 Å². The number of aromatic carboxylic acids is 1. The average Bonchev–Trinajstić information content (AvgIpc) is 2.98. The number of carbonyl (C=O) groups is 2. The van der Waals surface area contributed by atoms with Crippen LogP contribution in [0.25, 0.3) is 5.65 Å². The molecule has 3 heterocycles. The highest BCUT2D eigenvalue weighted by Crippen LogP contribution is 2.17. The number of pyridine rings is 1. The van der Waals surface area contributed by atoms with E-state index in [2.05, 4.69) is 25.5 Å². The summed E-state index contributed by atoms with van der Waals surface area (Å²) in [4.78, 5) is 30.4. The van der Waals surface area contributed by atoms with Gasteiger partial charge >= 0.3 is 5.97 Å². The van der Waals surface area contributed by atoms with E-state index in [0.717, 1.165) is 18.2 Å². The van der Waals surface area contributed by atoms with Crippen LogP contribution in [-0.4, -0.2) is 41.5 Å². The van der Waals surface area contributed by atoms with Crippen molar-refractivity contribution in [1.82, 2.24) is 24.6 Å². The molecule has 9 heteroatoms. The summed E-state index contributed by atoms with van der Waals surface area (Å²) in [5.74, 6) is -0.723. The van der Waals surface area contributed by atoms with Crippen molar-refractivity contribution in [2.24, 2.45) is 0 Å². The first-order chi connectivity index (χ1) is 11.5. The molecule has 0 aliphatic rings. The average molecular weight is 326 g/mol. The fourth-order valence-corrected chi connectivity index (χ4v) is 2.13. The fraction of sp³-hybridized carbons (Fsp3) is 0.200. The SMILES string of the molecule is CC(C)c1nnc2ccc(NC(=O)c3cnc(C(=O)O)cn3)cn12. The summed E-state index contributed by atoms with van der Waals surface area (Å²) in [5, 5.41) is 19.7. The van der Waals surface area contributed by atoms with Gasteiger partial charge in [-0.1, -0.05) is 13.8 Å². The molecule has 0 saturated heterocycles. The van der Waals surface area contributed by atoms with E-state index in [1.807, 2.05) is 13.8 Å². The summed E-state index contributed by atoms with van der Waals surface area (Å²) in [7, 11) is 0. The van der Waals surface area contributed by atoms with E-state index in [1.54, 1.807) is 22.7 Å². The minimum atomic E-state index is -1.20. The number of hydrogen-bond acceptors (Lipinski definition) is 6. The van der Waals surface area contributed by atoms with Crippen LogP contribution in [0.4, 0.5) is 5.69 Å². The number of hydrogen-bond donors (Lipinski definition) is 2. The molecule has 0 spiro atoms. The van der Waals surface area contributed by atoms with Gasteiger partial charge in [-0.25, -0.2) is 14.8 Å². The topological polar surface area (TPSA) is 122 Å². The molecule has 0 unspecified atom stereocenters. The van der Waals surface area contributed by atoms with E-state index in [0.29, 0.717) is 11.3 Å². The third-order valence-electron chi connectivity index (χ3n) is 3.31. The zero-order valence-electron chi connectivity index (χ0n) is 13.0. The predicted molar refractivity (Wildman–Crippen MR) is 84.0 cm³/mol. The molecule has 0 saturated carbocycles. The van der Waals surface area contributed by atoms with Crippen LogP contribution in [0.2, 0.25) is 0 Å². The number of carbonyl (C=O) groups excluding carboxylic acids is 1. The number of nitrogens with zero attached hydrogens (tertiary/aromatic N) is 5. The van der Waals surface area contributed by atoms with Gasteiger partial charge in [-0.15, -0.1) is 10.2 Å². The molecular weight excluding hydrogens is 312 g/mol. The molecule has 9 nitrogen and oxygen atoms in total. The molecule has 3 aromatic heterocycles. The van der Waals surface area contributed by atoms with Crippen LogP contribution < -0.4 is 5.32 Å². The molecule has 0 aliphatic carbocycles. The Hall–Kier alpha value is -3.36. The van der Waals surface area contributed by atoms with Gasteiger partial charge in [0.15, 0.2) is 11.3 Å². The highest BCUT2D eigenvalue weighted by Gasteiger charge is 2.13. The lowest BCUT2D eigenvalue weighted by molar-refractivity contribution is 0.0689. The van der Waals surface area contributed by atoms with Crippen LogP contribution in [0.5, 0.6) is 0 Å². The second-order valence-electron chi connectivity index (χ2n) is 5.41. The van der Waals surface area contributed by atoms with E-state index >= 15 is 0 Å². The van der Waals surface area contributed by atoms with Crippen molar-refractivity contribution in [3.05, 3.63) is 47.9 Å². The van der Waals surface area contributed by atoms with Crippen molar-refractivity contribution in [3.63, 3.8) is 0 Å². The zero-order valence-corrected chi connectivity index (χ0v) is 13.0. The number of fused-ring (bicyclic) bond motifs is 1. The Bertz CT molecular complexity index is 917. The maximum Gasteiger partial charge on any atom is 0.356 e. The van der Waals surface area contributed by atoms with Crippen LogP contribution in [0.15, 0.2) is 30.7 Å². The maximum atomic E-state index is 12.2. The lowest BCUT2D eigenvalue weighted by Crippen LogP contribution is -2.15. The second kappa shape index (κ2) is 6.03. The van der Waals surface area contributed by atoms with E-state index in [9.17, 15) is 9.59 Å². The second-order valence-corrected chi connectivity index (χ2v) is 5.41. The van der Waals surface area contributed by atoms with Gasteiger partial charge in [-0.3, -0.25) is 9.20 Å². The van der Waals surface area contributed by atoms with Gasteiger partial charge in [-0.2, -0.15) is 0 Å². The Balaban J connectivity index is 1.84. The number of carboxylic acid groups (broad SMARTS) is 1. The summed E-state index contributed by atoms with van der Waals surface area (Å²) in [6.07, 6.45) is 3.88. The first-order valence-electron chi connectivity index (χ1n) is 7.17. The monoisotopic (exact) mass is 326 g/mol. The standard InChI is InChI=1S/C15H14N6O3/c1-8(2)13-20-19-12-4-3-9(7-21(12)13)18-14(22)10-5-17-11(6-16-10)15(23)24/h3-8H,1-2H3,(H,18,22)(H,23,24). The third kappa shape index (κ3) is 2.91. The Morgan fingerprint density at radius 3 is 2.46 bits per heavy atom. The van der Waals surface area contributed by atoms with Crippen LogP contribution in [0, 0.1) is 0 Å². The molecule has 3 aromatic rings. The quantitative estimate of drug-likeness (QED) is 0.746. The smallest absolute Gasteiger partial charge is 0.356 e. The zero-order chi connectivity index (χ0) is 17.3. The molecule has 3 rings (SSSR count). The van der Waals surface area contributed by atoms with Gasteiger partial charge < -0.3 is 10.4 Å². The van der Waals surface area contributed by atoms with Gasteiger partial charge in [0.25, 0.3) is 5.91 Å². The minimum Gasteiger partial charge on any atom is -0.476 e. The van der Waals surface area contributed by atoms with Crippen LogP contribution in [-0.2, 0) is 0 Å². The van der Waals surface area contributed by atoms with Gasteiger partial charge in [-0.05, 0) is 12.1 Å². The van der Waals surface area contributed by atoms with Gasteiger partial charge in [0.1, 0.15) is 11.5 Å². The molecule has 122 valence electrons. The van der Waals surface area contributed by atoms with E-state index < -0.39 is 11.9 Å². The van der Waals surface area contributed by atoms with Crippen LogP contribution >= 0.6 is 0 Å². The van der Waals surface area contributed by atoms with Crippen LogP contribution in [0.3, 0.4) is 0 Å². The maximum absolute atomic E-state index is 12.2. The van der Waals surface area contributed by atoms with Crippen molar-refractivity contribution < 1.29 is 14.7 Å². The molecule has 0 atom stereocenters. The molecule has 0 aromatic carbocycles. The Labute approximate surface area is 136 Å². The van der Waals surface area contributed by atoms with Gasteiger partial charge in [0.2, 0.25) is 0 Å². The summed E-state index contributed by atoms with van der Waals surface area (Å²) < 4.78 is 1.81. The third-order valence-corrected chi connectivity index (χ3v) is 3.31. The van der Waals surface area contributed by atoms with Crippen molar-refractivity contribution in [2.45, 2.75) is 19.8 Å². The lowest BCUT2D eigenvalue weighted by Gasteiger charge is -2.07. The summed E-state index contributed by atoms with van der Waals surface area (Å²) >= 11 is 0. The molecule has 0 aliphatic heterocycles. The van der Waals surface area contributed by atoms with E-state index in [4.69, 9.17) is 5.11 Å². The minimum absolute atomic E-state index is 0.0212. The molecule has 24 heavy (non-hydrogen) atoms. The number of carboxylic acids is 1. The van der Waals surface area contributed by atoms with Crippen LogP contribution in [0.1, 0.15) is 46.6 Å². The Morgan fingerprint density at radius 2 is 1.83 bits per heavy atom. The number of nitrogens with one attached hydrogen (secondary N) is 1. The van der Waals surface area contributed by atoms with Gasteiger partial charge in [0.05, 0.1) is 18.1 Å². The van der Waals surface area contributed by atoms with Crippen molar-refractivity contribution in [3.8, 4) is 0 Å². The summed E-state index contributed by atoms with van der Waals surface area (Å²) in [5.41, 5.74) is 1.02. The number of anilines is 1. The number of amides is 1. The molecular formula is C15H14N6O3. The van der Waals surface area contributed by atoms with Gasteiger partial charge in [0, 0.05) is 12.1 Å². The lowest BCUT2D eigenvalue weighted by atomic mass is 10.2. The number of aromatic nitrogens is 5. The summed E-state index contributed by atoms with van der Waals surface area (Å²) in [6.45, 7) is 4.00. The Kier molecular flexibility index (Phi) is 3.90. The first kappa shape index (κ1) is 15.5. The highest BCUT2D eigenvalue weighted by molar-refractivity contribution is 6.02. The summed E-state index contributed by atoms with van der Waals surface area (Å²) in [6, 6.07) is 3.44. The molecule has 0 fully saturated rings. The number of rotatable bonds is 4. The Morgan fingerprint density at radius 1 is 1.12 bits per heavy atom. The molecule has 1 amide bonds. The predicted octanol–water partition coefficient (Wildman–Crippen LogP) is 1.59. The van der Waals surface area contributed by atoms with Crippen molar-refractivity contribution >= 4 is 23.2 Å². The van der Waals surface area contributed by atoms with Crippen molar-refractivity contribution in [2.75, 3.05) is 5.32 Å². The highest BCUT2D eigenvalue weighted by atomic mass is 16.4. The van der Waals surface area contributed by atoms with Crippen molar-refractivity contribution in [1.29, 1.82) is 0 Å². The molecule has 0 bridgehead atoms. The largest absolute Gasteiger partial charge is 0.476 e. The van der Waals surface area contributed by atoms with E-state index in [-0.39, 0.29) is 17.3 Å². The normalized spacial score (nSPS) is 11.0.